The molecule has 20 heteroatoms. The number of aromatic nitrogens is 3. The molecule has 0 unspecified atom stereocenters. The predicted octanol–water partition coefficient (Wildman–Crippen LogP) is 3.01. The first-order valence-electron chi connectivity index (χ1n) is 22.9. The Balaban J connectivity index is 1.11. The maximum Gasteiger partial charge on any atom is 0.414 e. The number of esters is 1. The van der Waals surface area contributed by atoms with E-state index in [0.717, 1.165) is 0 Å². The van der Waals surface area contributed by atoms with E-state index < -0.39 is 102 Å². The van der Waals surface area contributed by atoms with Gasteiger partial charge in [0.1, 0.15) is 52.9 Å². The van der Waals surface area contributed by atoms with E-state index in [0.29, 0.717) is 62.8 Å². The van der Waals surface area contributed by atoms with Crippen LogP contribution in [-0.4, -0.2) is 161 Å². The van der Waals surface area contributed by atoms with E-state index in [2.05, 4.69) is 10.3 Å². The fourth-order valence-electron chi connectivity index (χ4n) is 9.30. The number of ether oxygens (including phenoxy) is 6. The Morgan fingerprint density at radius 3 is 2.39 bits per heavy atom. The number of allylic oxidation sites excluding steroid dienone is 2. The zero-order valence-corrected chi connectivity index (χ0v) is 39.4. The molecule has 6 rings (SSSR count). The molecule has 3 N–H and O–H groups in total. The highest BCUT2D eigenvalue weighted by atomic mass is 19.1. The van der Waals surface area contributed by atoms with Gasteiger partial charge in [0.15, 0.2) is 5.78 Å². The summed E-state index contributed by atoms with van der Waals surface area (Å²) in [5.41, 5.74) is -0.494. The summed E-state index contributed by atoms with van der Waals surface area (Å²) in [5, 5.41) is 43.0. The molecule has 4 aliphatic heterocycles. The predicted molar refractivity (Wildman–Crippen MR) is 235 cm³/mol. The lowest BCUT2D eigenvalue weighted by molar-refractivity contribution is -0.243. The number of ketones is 2. The Hall–Kier alpha value is -4.73. The van der Waals surface area contributed by atoms with Gasteiger partial charge in [-0.3, -0.25) is 19.3 Å². The first-order chi connectivity index (χ1) is 31.2. The fourth-order valence-corrected chi connectivity index (χ4v) is 9.30. The van der Waals surface area contributed by atoms with Crippen LogP contribution >= 0.6 is 0 Å². The van der Waals surface area contributed by atoms with Gasteiger partial charge < -0.3 is 53.5 Å². The quantitative estimate of drug-likeness (QED) is 0.206. The van der Waals surface area contributed by atoms with Crippen LogP contribution in [0.4, 0.5) is 20.6 Å². The fraction of sp³-hybridized carbons (Fsp3) is 0.696. The molecule has 1 amide bonds. The van der Waals surface area contributed by atoms with Gasteiger partial charge in [0.25, 0.3) is 0 Å². The summed E-state index contributed by atoms with van der Waals surface area (Å²) >= 11 is 0. The molecule has 4 aliphatic rings. The Bertz CT molecular complexity index is 2080. The van der Waals surface area contributed by atoms with E-state index >= 15 is 4.39 Å². The van der Waals surface area contributed by atoms with Crippen LogP contribution < -0.4 is 9.80 Å². The molecule has 1 aromatic carbocycles. The number of Topliss-reactive ketones (excluding diaryl/α,β-unsaturated/α-hetero) is 2. The van der Waals surface area contributed by atoms with Crippen LogP contribution in [0.2, 0.25) is 0 Å². The van der Waals surface area contributed by atoms with Gasteiger partial charge in [-0.05, 0) is 65.8 Å². The number of hydrogen-bond acceptors (Lipinski definition) is 17. The van der Waals surface area contributed by atoms with Crippen LogP contribution in [0.25, 0.3) is 0 Å². The van der Waals surface area contributed by atoms with Crippen molar-refractivity contribution in [3.63, 3.8) is 0 Å². The molecule has 2 aromatic rings. The number of rotatable bonds is 12. The number of halogens is 1. The lowest BCUT2D eigenvalue weighted by Crippen LogP contribution is -2.56. The van der Waals surface area contributed by atoms with Crippen molar-refractivity contribution < 1.29 is 67.3 Å². The third kappa shape index (κ3) is 11.2. The van der Waals surface area contributed by atoms with Gasteiger partial charge in [0.05, 0.1) is 68.6 Å². The van der Waals surface area contributed by atoms with E-state index in [1.807, 2.05) is 23.8 Å². The van der Waals surface area contributed by atoms with Gasteiger partial charge in [-0.1, -0.05) is 26.0 Å². The molecule has 3 fully saturated rings. The average Bonchev–Trinajstić information content (AvgIpc) is 3.92. The molecule has 0 radical (unpaired) electrons. The van der Waals surface area contributed by atoms with Crippen LogP contribution in [-0.2, 0) is 55.8 Å². The monoisotopic (exact) mass is 930 g/mol. The number of amides is 1. The van der Waals surface area contributed by atoms with Gasteiger partial charge in [-0.2, -0.15) is 0 Å². The summed E-state index contributed by atoms with van der Waals surface area (Å²) in [7, 11) is 3.21. The highest BCUT2D eigenvalue weighted by Gasteiger charge is 2.48. The summed E-state index contributed by atoms with van der Waals surface area (Å²) < 4.78 is 51.7. The summed E-state index contributed by atoms with van der Waals surface area (Å²) in [6.07, 6.45) is -4.24. The SMILES string of the molecule is CC[C@H]1OC(=O)[C@H](C)C(=O)[C@H](C)/C(O[C@@H]2O[C@H](C)C[C@H](N(C)CCc3cn(C[C@H]4CN(c5ccc(N6CCOCC6)c(F)c5)C(=O)O4)nn3)[C@H]2O)=C(/OC)C[C@@H](C)C(=O)[C@H](C)[C@@H](O)[C@]1(C)O. The molecule has 66 heavy (non-hydrogen) atoms. The van der Waals surface area contributed by atoms with E-state index in [-0.39, 0.29) is 37.4 Å². The van der Waals surface area contributed by atoms with Crippen LogP contribution in [0.15, 0.2) is 35.9 Å². The average molecular weight is 931 g/mol. The number of cyclic esters (lactones) is 2. The Morgan fingerprint density at radius 1 is 1.02 bits per heavy atom. The van der Waals surface area contributed by atoms with E-state index in [9.17, 15) is 34.5 Å². The first kappa shape index (κ1) is 50.7. The summed E-state index contributed by atoms with van der Waals surface area (Å²) in [6, 6.07) is 4.23. The minimum absolute atomic E-state index is 0.0211. The number of morpholine rings is 1. The molecule has 0 saturated carbocycles. The van der Waals surface area contributed by atoms with Gasteiger partial charge in [-0.15, -0.1) is 5.10 Å². The van der Waals surface area contributed by atoms with Crippen molar-refractivity contribution in [3.8, 4) is 0 Å². The third-order valence-electron chi connectivity index (χ3n) is 13.5. The molecule has 0 bridgehead atoms. The molecule has 0 spiro atoms. The molecular weight excluding hydrogens is 864 g/mol. The molecular formula is C46H67FN6O13. The zero-order chi connectivity index (χ0) is 48.2. The number of likely N-dealkylation sites (N-methyl/N-ethyl adjacent to an activating group) is 1. The lowest BCUT2D eigenvalue weighted by atomic mass is 9.78. The van der Waals surface area contributed by atoms with Gasteiger partial charge in [0, 0.05) is 56.6 Å². The minimum Gasteiger partial charge on any atom is -0.498 e. The number of carbonyl (C=O) groups excluding carboxylic acids is 4. The Kier molecular flexibility index (Phi) is 16.5. The molecule has 12 atom stereocenters. The second-order valence-electron chi connectivity index (χ2n) is 18.4. The van der Waals surface area contributed by atoms with Crippen molar-refractivity contribution in [1.82, 2.24) is 19.9 Å². The second-order valence-corrected chi connectivity index (χ2v) is 18.4. The minimum atomic E-state index is -2.00. The van der Waals surface area contributed by atoms with Crippen LogP contribution in [0.3, 0.4) is 0 Å². The van der Waals surface area contributed by atoms with Crippen molar-refractivity contribution in [1.29, 1.82) is 0 Å². The molecule has 366 valence electrons. The highest BCUT2D eigenvalue weighted by Crippen LogP contribution is 2.36. The number of methoxy groups -OCH3 is 1. The van der Waals surface area contributed by atoms with Crippen molar-refractivity contribution in [2.45, 2.75) is 129 Å². The highest BCUT2D eigenvalue weighted by molar-refractivity contribution is 6.00. The molecule has 1 aromatic heterocycles. The largest absolute Gasteiger partial charge is 0.498 e. The molecule has 3 saturated heterocycles. The summed E-state index contributed by atoms with van der Waals surface area (Å²) in [6.45, 7) is 13.9. The number of carbonyl (C=O) groups is 4. The van der Waals surface area contributed by atoms with E-state index in [1.54, 1.807) is 36.9 Å². The standard InChI is InChI=1S/C46H67FN6O13/c1-10-37-46(7,60)42(57)28(5)38(54)25(2)19-36(61-9)41(27(4)39(55)29(6)43(58)65-37)66-44-40(56)35(20-26(3)63-44)50(8)14-13-30-22-52(49-48-30)23-32-24-53(45(59)64-32)31-11-12-34(33(47)21-31)51-15-17-62-18-16-51/h11-12,21-22,25-29,32,35,37,40,42,44,56-57,60H,10,13-20,23-24H2,1-9H3/b41-36-/t25-,26-,27+,28+,29-,32+,35+,37-,40-,42-,44+,46-/m1/s1. The number of anilines is 2. The van der Waals surface area contributed by atoms with Crippen LogP contribution in [0, 0.1) is 29.5 Å². The van der Waals surface area contributed by atoms with Gasteiger partial charge >= 0.3 is 12.1 Å². The number of benzene rings is 1. The Morgan fingerprint density at radius 2 is 1.73 bits per heavy atom. The van der Waals surface area contributed by atoms with Gasteiger partial charge in [-0.25, -0.2) is 13.9 Å². The van der Waals surface area contributed by atoms with Crippen LogP contribution in [0.1, 0.15) is 73.4 Å². The van der Waals surface area contributed by atoms with Crippen molar-refractivity contribution in [2.75, 3.05) is 63.4 Å². The third-order valence-corrected chi connectivity index (χ3v) is 13.5. The lowest BCUT2D eigenvalue weighted by Gasteiger charge is -2.43. The normalized spacial score (nSPS) is 34.3. The smallest absolute Gasteiger partial charge is 0.414 e. The maximum atomic E-state index is 15.1. The molecule has 0 aliphatic carbocycles. The van der Waals surface area contributed by atoms with E-state index in [1.165, 1.54) is 45.8 Å². The topological polar surface area (TPSA) is 225 Å². The summed E-state index contributed by atoms with van der Waals surface area (Å²) in [5.74, 6) is -6.58. The number of aliphatic hydroxyl groups excluding tert-OH is 2. The number of aliphatic hydroxyl groups is 3. The van der Waals surface area contributed by atoms with Crippen molar-refractivity contribution >= 4 is 35.0 Å². The van der Waals surface area contributed by atoms with Gasteiger partial charge in [0.2, 0.25) is 6.29 Å². The molecule has 19 nitrogen and oxygen atoms in total. The van der Waals surface area contributed by atoms with Crippen molar-refractivity contribution in [3.05, 3.63) is 47.4 Å². The molecule has 5 heterocycles. The summed E-state index contributed by atoms with van der Waals surface area (Å²) in [4.78, 5) is 59.3. The van der Waals surface area contributed by atoms with Crippen LogP contribution in [0.5, 0.6) is 0 Å². The Labute approximate surface area is 385 Å². The number of nitrogens with zero attached hydrogens (tertiary/aromatic N) is 6. The second kappa shape index (κ2) is 21.5. The first-order valence-corrected chi connectivity index (χ1v) is 22.9. The van der Waals surface area contributed by atoms with E-state index in [4.69, 9.17) is 28.4 Å². The maximum absolute atomic E-state index is 15.1. The number of hydrogen-bond donors (Lipinski definition) is 3. The van der Waals surface area contributed by atoms with Crippen molar-refractivity contribution in [2.24, 2.45) is 23.7 Å². The zero-order valence-electron chi connectivity index (χ0n) is 39.4.